The minimum atomic E-state index is -1.03. The summed E-state index contributed by atoms with van der Waals surface area (Å²) in [5.74, 6) is -0.114. The van der Waals surface area contributed by atoms with Crippen LogP contribution >= 0.6 is 23.2 Å². The van der Waals surface area contributed by atoms with Gasteiger partial charge in [0, 0.05) is 5.02 Å². The molecule has 0 unspecified atom stereocenters. The van der Waals surface area contributed by atoms with E-state index in [9.17, 15) is 14.7 Å². The molecular formula is C26H18Cl2N2O4. The van der Waals surface area contributed by atoms with E-state index >= 15 is 0 Å². The van der Waals surface area contributed by atoms with E-state index in [0.29, 0.717) is 44.0 Å². The molecule has 170 valence electrons. The van der Waals surface area contributed by atoms with Crippen molar-refractivity contribution in [3.63, 3.8) is 0 Å². The zero-order valence-corrected chi connectivity index (χ0v) is 19.1. The van der Waals surface area contributed by atoms with Gasteiger partial charge in [0.1, 0.15) is 5.75 Å². The molecule has 0 heterocycles. The van der Waals surface area contributed by atoms with Crippen LogP contribution < -0.4 is 15.4 Å². The van der Waals surface area contributed by atoms with Crippen molar-refractivity contribution in [2.45, 2.75) is 0 Å². The number of anilines is 2. The van der Waals surface area contributed by atoms with Gasteiger partial charge in [0.15, 0.2) is 5.75 Å². The highest BCUT2D eigenvalue weighted by molar-refractivity contribution is 6.33. The summed E-state index contributed by atoms with van der Waals surface area (Å²) < 4.78 is 5.97. The molecule has 0 aliphatic heterocycles. The number of carbonyl (C=O) groups is 2. The Morgan fingerprint density at radius 3 is 2.18 bits per heavy atom. The third-order valence-electron chi connectivity index (χ3n) is 4.83. The van der Waals surface area contributed by atoms with E-state index in [1.54, 1.807) is 84.9 Å². The highest BCUT2D eigenvalue weighted by atomic mass is 35.5. The highest BCUT2D eigenvalue weighted by Gasteiger charge is 2.13. The van der Waals surface area contributed by atoms with E-state index in [0.717, 1.165) is 0 Å². The smallest absolute Gasteiger partial charge is 0.335 e. The summed E-state index contributed by atoms with van der Waals surface area (Å²) in [5.41, 5.74) is 2.35. The molecule has 0 aromatic heterocycles. The van der Waals surface area contributed by atoms with Gasteiger partial charge in [-0.15, -0.1) is 0 Å². The standard InChI is InChI=1S/C26H18Cl2N2O4/c27-19-9-11-20(12-10-19)34-24-13-8-17(16-4-3-5-18(14-16)25(31)32)15-23(24)30-26(33)29-22-7-2-1-6-21(22)28/h1-15H,(H,31,32)(H2,29,30,33). The van der Waals surface area contributed by atoms with E-state index in [-0.39, 0.29) is 5.56 Å². The molecule has 4 aromatic carbocycles. The largest absolute Gasteiger partial charge is 0.478 e. The molecule has 0 saturated carbocycles. The van der Waals surface area contributed by atoms with Gasteiger partial charge in [-0.1, -0.05) is 53.5 Å². The molecule has 0 aliphatic carbocycles. The fourth-order valence-electron chi connectivity index (χ4n) is 3.20. The molecule has 0 saturated heterocycles. The van der Waals surface area contributed by atoms with Gasteiger partial charge in [-0.2, -0.15) is 0 Å². The van der Waals surface area contributed by atoms with Gasteiger partial charge in [0.2, 0.25) is 0 Å². The monoisotopic (exact) mass is 492 g/mol. The van der Waals surface area contributed by atoms with Crippen molar-refractivity contribution < 1.29 is 19.4 Å². The molecule has 2 amide bonds. The van der Waals surface area contributed by atoms with Crippen LogP contribution in [0.25, 0.3) is 11.1 Å². The van der Waals surface area contributed by atoms with Crippen LogP contribution in [0.1, 0.15) is 10.4 Å². The minimum Gasteiger partial charge on any atom is -0.478 e. The Labute approximate surface area is 205 Å². The fourth-order valence-corrected chi connectivity index (χ4v) is 3.51. The molecule has 34 heavy (non-hydrogen) atoms. The molecule has 8 heteroatoms. The summed E-state index contributed by atoms with van der Waals surface area (Å²) >= 11 is 12.1. The van der Waals surface area contributed by atoms with Gasteiger partial charge in [0.25, 0.3) is 0 Å². The molecule has 0 atom stereocenters. The summed E-state index contributed by atoms with van der Waals surface area (Å²) in [5, 5.41) is 15.8. The van der Waals surface area contributed by atoms with Gasteiger partial charge < -0.3 is 20.5 Å². The third-order valence-corrected chi connectivity index (χ3v) is 5.42. The molecule has 6 nitrogen and oxygen atoms in total. The van der Waals surface area contributed by atoms with E-state index in [1.165, 1.54) is 6.07 Å². The van der Waals surface area contributed by atoms with Crippen molar-refractivity contribution in [1.82, 2.24) is 0 Å². The second-order valence-electron chi connectivity index (χ2n) is 7.21. The maximum Gasteiger partial charge on any atom is 0.335 e. The van der Waals surface area contributed by atoms with E-state index < -0.39 is 12.0 Å². The number of nitrogens with one attached hydrogen (secondary N) is 2. The maximum absolute atomic E-state index is 12.7. The van der Waals surface area contributed by atoms with Crippen LogP contribution in [-0.2, 0) is 0 Å². The van der Waals surface area contributed by atoms with Gasteiger partial charge in [-0.25, -0.2) is 9.59 Å². The first-order valence-electron chi connectivity index (χ1n) is 10.1. The summed E-state index contributed by atoms with van der Waals surface area (Å²) in [6.07, 6.45) is 0. The predicted octanol–water partition coefficient (Wildman–Crippen LogP) is 7.79. The first-order chi connectivity index (χ1) is 16.4. The van der Waals surface area contributed by atoms with Gasteiger partial charge >= 0.3 is 12.0 Å². The van der Waals surface area contributed by atoms with Crippen LogP contribution in [0.15, 0.2) is 91.0 Å². The van der Waals surface area contributed by atoms with Crippen molar-refractivity contribution >= 4 is 46.6 Å². The molecule has 0 radical (unpaired) electrons. The number of carboxylic acid groups (broad SMARTS) is 1. The topological polar surface area (TPSA) is 87.7 Å². The number of para-hydroxylation sites is 1. The zero-order valence-electron chi connectivity index (χ0n) is 17.6. The van der Waals surface area contributed by atoms with E-state index in [4.69, 9.17) is 27.9 Å². The van der Waals surface area contributed by atoms with Gasteiger partial charge in [0.05, 0.1) is 22.0 Å². The van der Waals surface area contributed by atoms with E-state index in [1.807, 2.05) is 0 Å². The SMILES string of the molecule is O=C(Nc1ccccc1Cl)Nc1cc(-c2cccc(C(=O)O)c2)ccc1Oc1ccc(Cl)cc1. The number of amides is 2. The second kappa shape index (κ2) is 10.3. The zero-order chi connectivity index (χ0) is 24.1. The summed E-state index contributed by atoms with van der Waals surface area (Å²) in [4.78, 5) is 24.1. The number of urea groups is 1. The Morgan fingerprint density at radius 1 is 0.735 bits per heavy atom. The Bertz CT molecular complexity index is 1360. The maximum atomic E-state index is 12.7. The van der Waals surface area contributed by atoms with E-state index in [2.05, 4.69) is 10.6 Å². The van der Waals surface area contributed by atoms with Crippen molar-refractivity contribution in [2.24, 2.45) is 0 Å². The first-order valence-corrected chi connectivity index (χ1v) is 10.9. The fraction of sp³-hybridized carbons (Fsp3) is 0. The molecule has 0 fully saturated rings. The summed E-state index contributed by atoms with van der Waals surface area (Å²) in [7, 11) is 0. The third kappa shape index (κ3) is 5.67. The molecule has 4 aromatic rings. The lowest BCUT2D eigenvalue weighted by Crippen LogP contribution is -2.20. The number of aromatic carboxylic acids is 1. The Hall–Kier alpha value is -4.00. The highest BCUT2D eigenvalue weighted by Crippen LogP contribution is 2.35. The lowest BCUT2D eigenvalue weighted by molar-refractivity contribution is 0.0697. The normalized spacial score (nSPS) is 10.4. The lowest BCUT2D eigenvalue weighted by Gasteiger charge is -2.15. The molecular weight excluding hydrogens is 475 g/mol. The molecule has 0 spiro atoms. The Kier molecular flexibility index (Phi) is 7.01. The van der Waals surface area contributed by atoms with Gasteiger partial charge in [-0.3, -0.25) is 0 Å². The second-order valence-corrected chi connectivity index (χ2v) is 8.06. The number of carbonyl (C=O) groups excluding carboxylic acids is 1. The molecule has 4 rings (SSSR count). The van der Waals surface area contributed by atoms with Crippen LogP contribution in [0.3, 0.4) is 0 Å². The summed E-state index contributed by atoms with van der Waals surface area (Å²) in [6, 6.07) is 24.9. The summed E-state index contributed by atoms with van der Waals surface area (Å²) in [6.45, 7) is 0. The number of hydrogen-bond donors (Lipinski definition) is 3. The average molecular weight is 493 g/mol. The van der Waals surface area contributed by atoms with Crippen molar-refractivity contribution in [3.05, 3.63) is 107 Å². The number of benzene rings is 4. The molecule has 0 bridgehead atoms. The average Bonchev–Trinajstić information content (AvgIpc) is 2.83. The molecule has 3 N–H and O–H groups in total. The number of rotatable bonds is 6. The van der Waals surface area contributed by atoms with Crippen molar-refractivity contribution in [2.75, 3.05) is 10.6 Å². The predicted molar refractivity (Wildman–Crippen MR) is 134 cm³/mol. The van der Waals surface area contributed by atoms with Crippen molar-refractivity contribution in [1.29, 1.82) is 0 Å². The van der Waals surface area contributed by atoms with Gasteiger partial charge in [-0.05, 0) is 71.8 Å². The van der Waals surface area contributed by atoms with Crippen LogP contribution in [0, 0.1) is 0 Å². The quantitative estimate of drug-likeness (QED) is 0.256. The molecule has 0 aliphatic rings. The number of halogens is 2. The first kappa shape index (κ1) is 23.2. The minimum absolute atomic E-state index is 0.157. The van der Waals surface area contributed by atoms with Crippen LogP contribution in [-0.4, -0.2) is 17.1 Å². The van der Waals surface area contributed by atoms with Crippen LogP contribution in [0.4, 0.5) is 16.2 Å². The Balaban J connectivity index is 1.67. The number of hydrogen-bond acceptors (Lipinski definition) is 3. The number of carboxylic acids is 1. The lowest BCUT2D eigenvalue weighted by atomic mass is 10.0. The van der Waals surface area contributed by atoms with Crippen molar-refractivity contribution in [3.8, 4) is 22.6 Å². The Morgan fingerprint density at radius 2 is 1.44 bits per heavy atom. The van der Waals surface area contributed by atoms with Crippen LogP contribution in [0.5, 0.6) is 11.5 Å². The van der Waals surface area contributed by atoms with Crippen LogP contribution in [0.2, 0.25) is 10.0 Å². The number of ether oxygens (including phenoxy) is 1.